The quantitative estimate of drug-likeness (QED) is 0.687. The first-order chi connectivity index (χ1) is 12.2. The average Bonchev–Trinajstić information content (AvgIpc) is 3.10. The van der Waals surface area contributed by atoms with Crippen molar-refractivity contribution in [1.82, 2.24) is 0 Å². The number of hydrogen-bond acceptors (Lipinski definition) is 3. The van der Waals surface area contributed by atoms with E-state index < -0.39 is 0 Å². The number of aromatic hydroxyl groups is 1. The van der Waals surface area contributed by atoms with Gasteiger partial charge in [-0.3, -0.25) is 5.01 Å². The van der Waals surface area contributed by atoms with Crippen molar-refractivity contribution in [3.05, 3.63) is 95.0 Å². The molecular weight excluding hydrogens is 332 g/mol. The topological polar surface area (TPSA) is 35.8 Å². The first kappa shape index (κ1) is 15.7. The maximum atomic E-state index is 10.3. The average molecular weight is 349 g/mol. The minimum atomic E-state index is 0.0805. The highest BCUT2D eigenvalue weighted by Gasteiger charge is 2.30. The molecule has 124 valence electrons. The van der Waals surface area contributed by atoms with Gasteiger partial charge in [0, 0.05) is 17.0 Å². The lowest BCUT2D eigenvalue weighted by Crippen LogP contribution is -2.18. The lowest BCUT2D eigenvalue weighted by Gasteiger charge is -2.23. The van der Waals surface area contributed by atoms with E-state index in [4.69, 9.17) is 16.7 Å². The minimum absolute atomic E-state index is 0.0805. The van der Waals surface area contributed by atoms with Crippen molar-refractivity contribution in [3.63, 3.8) is 0 Å². The fourth-order valence-electron chi connectivity index (χ4n) is 3.17. The van der Waals surface area contributed by atoms with E-state index in [1.54, 1.807) is 18.2 Å². The van der Waals surface area contributed by atoms with E-state index >= 15 is 0 Å². The number of nitrogens with zero attached hydrogens (tertiary/aromatic N) is 2. The molecule has 4 heteroatoms. The Kier molecular flexibility index (Phi) is 4.16. The Morgan fingerprint density at radius 3 is 2.32 bits per heavy atom. The number of phenols is 1. The fraction of sp³-hybridized carbons (Fsp3) is 0.0952. The summed E-state index contributed by atoms with van der Waals surface area (Å²) in [6, 6.07) is 25.5. The van der Waals surface area contributed by atoms with Gasteiger partial charge in [0.1, 0.15) is 5.75 Å². The molecule has 0 amide bonds. The lowest BCUT2D eigenvalue weighted by atomic mass is 9.98. The standard InChI is InChI=1S/C21H17ClN2O/c22-16-11-12-21(25)18(13-16)19-14-20(15-7-3-1-4-8-15)24(23-19)17-9-5-2-6-10-17/h1-13,20,25H,14H2. The Hall–Kier alpha value is -2.78. The van der Waals surface area contributed by atoms with E-state index in [0.717, 1.165) is 11.4 Å². The molecule has 0 saturated carbocycles. The molecule has 0 aromatic heterocycles. The molecule has 1 unspecified atom stereocenters. The van der Waals surface area contributed by atoms with Crippen LogP contribution in [0.1, 0.15) is 23.6 Å². The summed E-state index contributed by atoms with van der Waals surface area (Å²) in [6.07, 6.45) is 0.701. The van der Waals surface area contributed by atoms with Crippen LogP contribution in [0.25, 0.3) is 0 Å². The van der Waals surface area contributed by atoms with Crippen LogP contribution in [0.4, 0.5) is 5.69 Å². The molecule has 0 bridgehead atoms. The Morgan fingerprint density at radius 1 is 0.920 bits per heavy atom. The van der Waals surface area contributed by atoms with Crippen molar-refractivity contribution in [1.29, 1.82) is 0 Å². The van der Waals surface area contributed by atoms with Crippen LogP contribution in [0.3, 0.4) is 0 Å². The molecule has 0 fully saturated rings. The molecule has 1 aliphatic heterocycles. The number of halogens is 1. The van der Waals surface area contributed by atoms with Gasteiger partial charge < -0.3 is 5.11 Å². The second-order valence-corrected chi connectivity index (χ2v) is 6.46. The molecule has 1 N–H and O–H groups in total. The van der Waals surface area contributed by atoms with Gasteiger partial charge >= 0.3 is 0 Å². The van der Waals surface area contributed by atoms with E-state index in [9.17, 15) is 5.11 Å². The third kappa shape index (κ3) is 3.11. The van der Waals surface area contributed by atoms with Gasteiger partial charge in [-0.05, 0) is 35.9 Å². The summed E-state index contributed by atoms with van der Waals surface area (Å²) in [4.78, 5) is 0. The van der Waals surface area contributed by atoms with Crippen molar-refractivity contribution in [2.75, 3.05) is 5.01 Å². The van der Waals surface area contributed by atoms with Crippen molar-refractivity contribution in [2.24, 2.45) is 5.10 Å². The summed E-state index contributed by atoms with van der Waals surface area (Å²) in [5.74, 6) is 0.199. The molecule has 0 saturated heterocycles. The number of anilines is 1. The van der Waals surface area contributed by atoms with Crippen molar-refractivity contribution < 1.29 is 5.11 Å². The van der Waals surface area contributed by atoms with E-state index in [2.05, 4.69) is 12.1 Å². The first-order valence-electron chi connectivity index (χ1n) is 8.18. The first-order valence-corrected chi connectivity index (χ1v) is 8.56. The molecule has 0 aliphatic carbocycles. The van der Waals surface area contributed by atoms with E-state index in [-0.39, 0.29) is 11.8 Å². The normalized spacial score (nSPS) is 16.8. The molecule has 0 radical (unpaired) electrons. The van der Waals surface area contributed by atoms with Crippen LogP contribution in [-0.4, -0.2) is 10.8 Å². The van der Waals surface area contributed by atoms with Gasteiger partial charge in [0.2, 0.25) is 0 Å². The van der Waals surface area contributed by atoms with Crippen LogP contribution in [0, 0.1) is 0 Å². The Labute approximate surface area is 151 Å². The molecule has 3 nitrogen and oxygen atoms in total. The van der Waals surface area contributed by atoms with Crippen LogP contribution >= 0.6 is 11.6 Å². The Morgan fingerprint density at radius 2 is 1.60 bits per heavy atom. The van der Waals surface area contributed by atoms with Gasteiger partial charge in [-0.1, -0.05) is 60.1 Å². The summed E-state index contributed by atoms with van der Waals surface area (Å²) >= 11 is 6.12. The predicted octanol–water partition coefficient (Wildman–Crippen LogP) is 5.40. The van der Waals surface area contributed by atoms with E-state index in [1.807, 2.05) is 53.5 Å². The summed E-state index contributed by atoms with van der Waals surface area (Å²) < 4.78 is 0. The van der Waals surface area contributed by atoms with Gasteiger partial charge in [-0.25, -0.2) is 0 Å². The fourth-order valence-corrected chi connectivity index (χ4v) is 3.34. The number of rotatable bonds is 3. The summed E-state index contributed by atoms with van der Waals surface area (Å²) in [6.45, 7) is 0. The molecule has 3 aromatic rings. The minimum Gasteiger partial charge on any atom is -0.507 e. The SMILES string of the molecule is Oc1ccc(Cl)cc1C1=NN(c2ccccc2)C(c2ccccc2)C1. The Bertz CT molecular complexity index is 910. The van der Waals surface area contributed by atoms with Crippen molar-refractivity contribution in [3.8, 4) is 5.75 Å². The Balaban J connectivity index is 1.79. The lowest BCUT2D eigenvalue weighted by molar-refractivity contribution is 0.474. The zero-order valence-electron chi connectivity index (χ0n) is 13.5. The zero-order chi connectivity index (χ0) is 17.2. The van der Waals surface area contributed by atoms with Crippen LogP contribution < -0.4 is 5.01 Å². The van der Waals surface area contributed by atoms with Gasteiger partial charge in [0.05, 0.1) is 17.4 Å². The second-order valence-electron chi connectivity index (χ2n) is 6.02. The number of para-hydroxylation sites is 1. The van der Waals surface area contributed by atoms with Gasteiger partial charge in [-0.2, -0.15) is 5.10 Å². The maximum absolute atomic E-state index is 10.3. The van der Waals surface area contributed by atoms with Crippen molar-refractivity contribution in [2.45, 2.75) is 12.5 Å². The molecule has 1 heterocycles. The number of hydrazone groups is 1. The smallest absolute Gasteiger partial charge is 0.124 e. The summed E-state index contributed by atoms with van der Waals surface area (Å²) in [7, 11) is 0. The summed E-state index contributed by atoms with van der Waals surface area (Å²) in [5.41, 5.74) is 3.73. The molecule has 3 aromatic carbocycles. The largest absolute Gasteiger partial charge is 0.507 e. The zero-order valence-corrected chi connectivity index (χ0v) is 14.3. The number of benzene rings is 3. The second kappa shape index (κ2) is 6.61. The van der Waals surface area contributed by atoms with Gasteiger partial charge in [-0.15, -0.1) is 0 Å². The van der Waals surface area contributed by atoms with E-state index in [1.165, 1.54) is 5.56 Å². The van der Waals surface area contributed by atoms with Crippen molar-refractivity contribution >= 4 is 23.0 Å². The number of hydrogen-bond donors (Lipinski definition) is 1. The molecule has 1 atom stereocenters. The number of phenolic OH excluding ortho intramolecular Hbond substituents is 1. The monoisotopic (exact) mass is 348 g/mol. The van der Waals surface area contributed by atoms with Crippen LogP contribution in [0.2, 0.25) is 5.02 Å². The highest BCUT2D eigenvalue weighted by Crippen LogP contribution is 2.38. The third-order valence-electron chi connectivity index (χ3n) is 4.38. The molecule has 0 spiro atoms. The molecular formula is C21H17ClN2O. The van der Waals surface area contributed by atoms with Crippen LogP contribution in [0.15, 0.2) is 84.0 Å². The highest BCUT2D eigenvalue weighted by molar-refractivity contribution is 6.31. The maximum Gasteiger partial charge on any atom is 0.124 e. The molecule has 1 aliphatic rings. The van der Waals surface area contributed by atoms with Gasteiger partial charge in [0.25, 0.3) is 0 Å². The summed E-state index contributed by atoms with van der Waals surface area (Å²) in [5, 5.41) is 17.7. The van der Waals surface area contributed by atoms with Gasteiger partial charge in [0.15, 0.2) is 0 Å². The van der Waals surface area contributed by atoms with E-state index in [0.29, 0.717) is 17.0 Å². The highest BCUT2D eigenvalue weighted by atomic mass is 35.5. The van der Waals surface area contributed by atoms with Crippen LogP contribution in [-0.2, 0) is 0 Å². The molecule has 25 heavy (non-hydrogen) atoms. The third-order valence-corrected chi connectivity index (χ3v) is 4.62. The predicted molar refractivity (Wildman–Crippen MR) is 102 cm³/mol. The molecule has 4 rings (SSSR count). The van der Waals surface area contributed by atoms with Crippen LogP contribution in [0.5, 0.6) is 5.75 Å².